The summed E-state index contributed by atoms with van der Waals surface area (Å²) in [4.78, 5) is 4.11. The predicted molar refractivity (Wildman–Crippen MR) is 79.4 cm³/mol. The van der Waals surface area contributed by atoms with Crippen molar-refractivity contribution >= 4 is 21.6 Å². The molecule has 2 aromatic heterocycles. The average Bonchev–Trinajstić information content (AvgIpc) is 2.89. The number of nitrogen functional groups attached to an aromatic ring is 1. The summed E-state index contributed by atoms with van der Waals surface area (Å²) in [6.45, 7) is 0. The number of anilines is 1. The highest BCUT2D eigenvalue weighted by atomic mass is 79.9. The van der Waals surface area contributed by atoms with Gasteiger partial charge >= 0.3 is 0 Å². The van der Waals surface area contributed by atoms with Crippen LogP contribution in [0.4, 0.5) is 5.69 Å². The quantitative estimate of drug-likeness (QED) is 0.562. The molecule has 3 N–H and O–H groups in total. The molecule has 94 valence electrons. The van der Waals surface area contributed by atoms with Gasteiger partial charge in [-0.25, -0.2) is 4.98 Å². The van der Waals surface area contributed by atoms with Crippen LogP contribution >= 0.6 is 15.9 Å². The smallest absolute Gasteiger partial charge is 0.106 e. The van der Waals surface area contributed by atoms with Crippen LogP contribution in [0.3, 0.4) is 0 Å². The monoisotopic (exact) mass is 314 g/mol. The summed E-state index contributed by atoms with van der Waals surface area (Å²) in [5.41, 5.74) is 10.3. The molecule has 3 rings (SSSR count). The first-order valence-electron chi connectivity index (χ1n) is 5.75. The molecule has 0 aliphatic rings. The summed E-state index contributed by atoms with van der Waals surface area (Å²) in [5, 5.41) is 7.35. The second-order valence-electron chi connectivity index (χ2n) is 4.16. The van der Waals surface area contributed by atoms with E-state index in [4.69, 9.17) is 5.73 Å². The Morgan fingerprint density at radius 1 is 1.00 bits per heavy atom. The SMILES string of the molecule is Nc1ccc(-c2cc(-c3ccnc(Br)c3)[nH]n2)cc1. The second kappa shape index (κ2) is 4.85. The van der Waals surface area contributed by atoms with E-state index in [0.29, 0.717) is 0 Å². The highest BCUT2D eigenvalue weighted by Crippen LogP contribution is 2.25. The number of pyridine rings is 1. The van der Waals surface area contributed by atoms with E-state index >= 15 is 0 Å². The van der Waals surface area contributed by atoms with Gasteiger partial charge in [0.15, 0.2) is 0 Å². The van der Waals surface area contributed by atoms with Crippen molar-refractivity contribution in [3.05, 3.63) is 53.3 Å². The van der Waals surface area contributed by atoms with Crippen molar-refractivity contribution in [2.24, 2.45) is 0 Å². The third-order valence-electron chi connectivity index (χ3n) is 2.82. The summed E-state index contributed by atoms with van der Waals surface area (Å²) in [5.74, 6) is 0. The van der Waals surface area contributed by atoms with E-state index in [9.17, 15) is 0 Å². The van der Waals surface area contributed by atoms with Crippen molar-refractivity contribution in [1.29, 1.82) is 0 Å². The van der Waals surface area contributed by atoms with E-state index < -0.39 is 0 Å². The van der Waals surface area contributed by atoms with Gasteiger partial charge in [0.05, 0.1) is 11.4 Å². The topological polar surface area (TPSA) is 67.6 Å². The molecule has 0 aliphatic carbocycles. The van der Waals surface area contributed by atoms with Gasteiger partial charge in [0, 0.05) is 23.0 Å². The Kier molecular flexibility index (Phi) is 3.05. The predicted octanol–water partition coefficient (Wildman–Crippen LogP) is 3.48. The third kappa shape index (κ3) is 2.51. The van der Waals surface area contributed by atoms with Crippen LogP contribution < -0.4 is 5.73 Å². The normalized spacial score (nSPS) is 10.6. The van der Waals surface area contributed by atoms with Crippen LogP contribution in [0.15, 0.2) is 53.3 Å². The minimum Gasteiger partial charge on any atom is -0.399 e. The van der Waals surface area contributed by atoms with Crippen molar-refractivity contribution in [3.8, 4) is 22.5 Å². The van der Waals surface area contributed by atoms with Crippen LogP contribution in [0.25, 0.3) is 22.5 Å². The Balaban J connectivity index is 1.97. The zero-order chi connectivity index (χ0) is 13.2. The molecule has 4 nitrogen and oxygen atoms in total. The zero-order valence-corrected chi connectivity index (χ0v) is 11.6. The van der Waals surface area contributed by atoms with E-state index in [0.717, 1.165) is 32.8 Å². The van der Waals surface area contributed by atoms with Crippen LogP contribution in [-0.4, -0.2) is 15.2 Å². The fourth-order valence-electron chi connectivity index (χ4n) is 1.84. The fourth-order valence-corrected chi connectivity index (χ4v) is 2.21. The standard InChI is InChI=1S/C14H11BrN4/c15-14-7-10(5-6-17-14)13-8-12(18-19-13)9-1-3-11(16)4-2-9/h1-8H,16H2,(H,18,19). The minimum atomic E-state index is 0.748. The lowest BCUT2D eigenvalue weighted by Crippen LogP contribution is -1.83. The Labute approximate surface area is 118 Å². The highest BCUT2D eigenvalue weighted by molar-refractivity contribution is 9.10. The first-order chi connectivity index (χ1) is 9.22. The van der Waals surface area contributed by atoms with Crippen LogP contribution in [0.5, 0.6) is 0 Å². The molecule has 0 aliphatic heterocycles. The molecule has 0 saturated heterocycles. The number of rotatable bonds is 2. The van der Waals surface area contributed by atoms with Gasteiger partial charge in [0.2, 0.25) is 0 Å². The number of nitrogens with two attached hydrogens (primary N) is 1. The van der Waals surface area contributed by atoms with Gasteiger partial charge in [-0.1, -0.05) is 12.1 Å². The van der Waals surface area contributed by atoms with Crippen LogP contribution in [0.1, 0.15) is 0 Å². The molecule has 0 atom stereocenters. The summed E-state index contributed by atoms with van der Waals surface area (Å²) in [7, 11) is 0. The van der Waals surface area contributed by atoms with Gasteiger partial charge < -0.3 is 5.73 Å². The molecular formula is C14H11BrN4. The first-order valence-corrected chi connectivity index (χ1v) is 6.55. The molecule has 0 amide bonds. The molecule has 19 heavy (non-hydrogen) atoms. The number of hydrogen-bond donors (Lipinski definition) is 2. The van der Waals surface area contributed by atoms with Crippen LogP contribution in [0.2, 0.25) is 0 Å². The third-order valence-corrected chi connectivity index (χ3v) is 3.26. The number of nitrogens with zero attached hydrogens (tertiary/aromatic N) is 2. The highest BCUT2D eigenvalue weighted by Gasteiger charge is 2.06. The maximum absolute atomic E-state index is 5.68. The van der Waals surface area contributed by atoms with E-state index in [2.05, 4.69) is 31.1 Å². The van der Waals surface area contributed by atoms with E-state index in [1.807, 2.05) is 42.5 Å². The van der Waals surface area contributed by atoms with Gasteiger partial charge in [-0.2, -0.15) is 5.10 Å². The Morgan fingerprint density at radius 2 is 1.79 bits per heavy atom. The van der Waals surface area contributed by atoms with E-state index in [-0.39, 0.29) is 0 Å². The van der Waals surface area contributed by atoms with Crippen molar-refractivity contribution in [2.75, 3.05) is 5.73 Å². The van der Waals surface area contributed by atoms with E-state index in [1.54, 1.807) is 6.20 Å². The maximum atomic E-state index is 5.68. The van der Waals surface area contributed by atoms with Crippen LogP contribution in [-0.2, 0) is 0 Å². The van der Waals surface area contributed by atoms with Crippen molar-refractivity contribution < 1.29 is 0 Å². The number of aromatic amines is 1. The Hall–Kier alpha value is -2.14. The van der Waals surface area contributed by atoms with E-state index in [1.165, 1.54) is 0 Å². The summed E-state index contributed by atoms with van der Waals surface area (Å²) < 4.78 is 0.800. The van der Waals surface area contributed by atoms with Gasteiger partial charge in [-0.05, 0) is 46.3 Å². The van der Waals surface area contributed by atoms with Gasteiger partial charge in [0.1, 0.15) is 4.60 Å². The number of aromatic nitrogens is 3. The molecule has 0 fully saturated rings. The minimum absolute atomic E-state index is 0.748. The van der Waals surface area contributed by atoms with Crippen molar-refractivity contribution in [3.63, 3.8) is 0 Å². The van der Waals surface area contributed by atoms with Gasteiger partial charge in [0.25, 0.3) is 0 Å². The number of benzene rings is 1. The Bertz CT molecular complexity index is 703. The maximum Gasteiger partial charge on any atom is 0.106 e. The van der Waals surface area contributed by atoms with Gasteiger partial charge in [-0.15, -0.1) is 0 Å². The molecule has 1 aromatic carbocycles. The molecule has 0 unspecified atom stereocenters. The summed E-state index contributed by atoms with van der Waals surface area (Å²) in [6.07, 6.45) is 1.75. The lowest BCUT2D eigenvalue weighted by molar-refractivity contribution is 1.10. The van der Waals surface area contributed by atoms with Crippen molar-refractivity contribution in [1.82, 2.24) is 15.2 Å². The molecule has 3 aromatic rings. The fraction of sp³-hybridized carbons (Fsp3) is 0. The largest absolute Gasteiger partial charge is 0.399 e. The molecule has 2 heterocycles. The Morgan fingerprint density at radius 3 is 2.53 bits per heavy atom. The molecular weight excluding hydrogens is 304 g/mol. The van der Waals surface area contributed by atoms with Crippen molar-refractivity contribution in [2.45, 2.75) is 0 Å². The molecule has 0 spiro atoms. The molecule has 0 radical (unpaired) electrons. The lowest BCUT2D eigenvalue weighted by atomic mass is 10.1. The molecule has 0 bridgehead atoms. The molecule has 5 heteroatoms. The number of hydrogen-bond acceptors (Lipinski definition) is 3. The zero-order valence-electron chi connectivity index (χ0n) is 9.97. The molecule has 0 saturated carbocycles. The lowest BCUT2D eigenvalue weighted by Gasteiger charge is -1.97. The number of nitrogens with one attached hydrogen (secondary N) is 1. The number of halogens is 1. The summed E-state index contributed by atoms with van der Waals surface area (Å²) >= 11 is 3.36. The number of H-pyrrole nitrogens is 1. The second-order valence-corrected chi connectivity index (χ2v) is 4.97. The first kappa shape index (κ1) is 11.9. The van der Waals surface area contributed by atoms with Crippen LogP contribution in [0, 0.1) is 0 Å². The summed E-state index contributed by atoms with van der Waals surface area (Å²) in [6, 6.07) is 13.5. The average molecular weight is 315 g/mol. The van der Waals surface area contributed by atoms with Gasteiger partial charge in [-0.3, -0.25) is 5.10 Å².